The number of aromatic hydroxyl groups is 1. The minimum absolute atomic E-state index is 0.00395. The second kappa shape index (κ2) is 8.11. The number of phenolic OH excluding ortho intramolecular Hbond substituents is 1. The van der Waals surface area contributed by atoms with Gasteiger partial charge in [0.05, 0.1) is 21.2 Å². The molecule has 2 N–H and O–H groups in total. The van der Waals surface area contributed by atoms with Gasteiger partial charge < -0.3 is 10.4 Å². The Kier molecular flexibility index (Phi) is 5.13. The average molecular weight is 462 g/mol. The SMILES string of the molecule is O=[N+]([O-])c1ccc(C(Nc2nc3ccc(Cl)cc3s2)c2c(O)ccc3ccccc23)cc1. The summed E-state index contributed by atoms with van der Waals surface area (Å²) in [6, 6.07) is 22.6. The Labute approximate surface area is 191 Å². The molecule has 0 saturated carbocycles. The van der Waals surface area contributed by atoms with Gasteiger partial charge in [0.2, 0.25) is 0 Å². The van der Waals surface area contributed by atoms with Gasteiger partial charge in [0, 0.05) is 22.7 Å². The van der Waals surface area contributed by atoms with E-state index in [1.165, 1.54) is 23.5 Å². The zero-order chi connectivity index (χ0) is 22.2. The van der Waals surface area contributed by atoms with E-state index in [1.807, 2.05) is 42.5 Å². The predicted octanol–water partition coefficient (Wildman–Crippen LogP) is 6.92. The molecule has 8 heteroatoms. The molecule has 0 fully saturated rings. The van der Waals surface area contributed by atoms with E-state index in [0.29, 0.717) is 15.7 Å². The highest BCUT2D eigenvalue weighted by Crippen LogP contribution is 2.39. The van der Waals surface area contributed by atoms with Crippen molar-refractivity contribution in [1.29, 1.82) is 0 Å². The molecule has 4 aromatic carbocycles. The highest BCUT2D eigenvalue weighted by Gasteiger charge is 2.23. The van der Waals surface area contributed by atoms with Gasteiger partial charge in [0.25, 0.3) is 5.69 Å². The number of benzene rings is 4. The molecule has 0 radical (unpaired) electrons. The molecular weight excluding hydrogens is 446 g/mol. The number of anilines is 1. The van der Waals surface area contributed by atoms with Crippen LogP contribution in [0.4, 0.5) is 10.8 Å². The van der Waals surface area contributed by atoms with Gasteiger partial charge in [-0.05, 0) is 52.7 Å². The summed E-state index contributed by atoms with van der Waals surface area (Å²) in [5.74, 6) is 0.128. The van der Waals surface area contributed by atoms with Crippen molar-refractivity contribution in [2.45, 2.75) is 6.04 Å². The first-order chi connectivity index (χ1) is 15.5. The Morgan fingerprint density at radius 1 is 1.03 bits per heavy atom. The molecule has 158 valence electrons. The van der Waals surface area contributed by atoms with Crippen molar-refractivity contribution in [3.05, 3.63) is 105 Å². The summed E-state index contributed by atoms with van der Waals surface area (Å²) >= 11 is 7.57. The molecule has 1 unspecified atom stereocenters. The fraction of sp³-hybridized carbons (Fsp3) is 0.0417. The molecular formula is C24H16ClN3O3S. The van der Waals surface area contributed by atoms with E-state index in [0.717, 1.165) is 26.6 Å². The summed E-state index contributed by atoms with van der Waals surface area (Å²) in [6.45, 7) is 0. The third kappa shape index (κ3) is 3.72. The molecule has 1 heterocycles. The molecule has 0 saturated heterocycles. The van der Waals surface area contributed by atoms with Crippen LogP contribution in [0.25, 0.3) is 21.0 Å². The number of fused-ring (bicyclic) bond motifs is 2. The van der Waals surface area contributed by atoms with Crippen molar-refractivity contribution in [2.75, 3.05) is 5.32 Å². The largest absolute Gasteiger partial charge is 0.508 e. The fourth-order valence-corrected chi connectivity index (χ4v) is 4.95. The van der Waals surface area contributed by atoms with Crippen LogP contribution in [0.5, 0.6) is 5.75 Å². The zero-order valence-electron chi connectivity index (χ0n) is 16.5. The molecule has 0 aliphatic carbocycles. The minimum atomic E-state index is -0.488. The maximum atomic E-state index is 11.1. The van der Waals surface area contributed by atoms with Gasteiger partial charge in [-0.1, -0.05) is 53.3 Å². The predicted molar refractivity (Wildman–Crippen MR) is 129 cm³/mol. The fourth-order valence-electron chi connectivity index (χ4n) is 3.78. The van der Waals surface area contributed by atoms with Crippen LogP contribution in [0, 0.1) is 10.1 Å². The maximum absolute atomic E-state index is 11.1. The summed E-state index contributed by atoms with van der Waals surface area (Å²) in [6.07, 6.45) is 0. The smallest absolute Gasteiger partial charge is 0.269 e. The van der Waals surface area contributed by atoms with Gasteiger partial charge in [-0.15, -0.1) is 0 Å². The number of hydrogen-bond donors (Lipinski definition) is 2. The number of non-ortho nitro benzene ring substituents is 1. The number of hydrogen-bond acceptors (Lipinski definition) is 6. The van der Waals surface area contributed by atoms with Crippen molar-refractivity contribution in [3.8, 4) is 5.75 Å². The van der Waals surface area contributed by atoms with Gasteiger partial charge in [0.15, 0.2) is 5.13 Å². The molecule has 32 heavy (non-hydrogen) atoms. The van der Waals surface area contributed by atoms with E-state index in [1.54, 1.807) is 24.3 Å². The summed E-state index contributed by atoms with van der Waals surface area (Å²) < 4.78 is 0.935. The first kappa shape index (κ1) is 20.2. The first-order valence-electron chi connectivity index (χ1n) is 9.77. The molecule has 6 nitrogen and oxygen atoms in total. The molecule has 5 aromatic rings. The highest BCUT2D eigenvalue weighted by atomic mass is 35.5. The number of nitrogens with zero attached hydrogens (tertiary/aromatic N) is 2. The van der Waals surface area contributed by atoms with Gasteiger partial charge in [-0.2, -0.15) is 0 Å². The molecule has 0 bridgehead atoms. The van der Waals surface area contributed by atoms with Crippen LogP contribution >= 0.6 is 22.9 Å². The van der Waals surface area contributed by atoms with Crippen LogP contribution in [-0.4, -0.2) is 15.0 Å². The minimum Gasteiger partial charge on any atom is -0.508 e. The Morgan fingerprint density at radius 3 is 2.59 bits per heavy atom. The molecule has 0 aliphatic heterocycles. The van der Waals surface area contributed by atoms with Crippen LogP contribution in [0.3, 0.4) is 0 Å². The molecule has 0 spiro atoms. The summed E-state index contributed by atoms with van der Waals surface area (Å²) in [5.41, 5.74) is 2.25. The van der Waals surface area contributed by atoms with E-state index in [9.17, 15) is 15.2 Å². The van der Waals surface area contributed by atoms with E-state index >= 15 is 0 Å². The molecule has 1 aromatic heterocycles. The summed E-state index contributed by atoms with van der Waals surface area (Å²) in [7, 11) is 0. The Balaban J connectivity index is 1.67. The third-order valence-corrected chi connectivity index (χ3v) is 6.48. The van der Waals surface area contributed by atoms with Crippen LogP contribution in [-0.2, 0) is 0 Å². The van der Waals surface area contributed by atoms with E-state index < -0.39 is 11.0 Å². The molecule has 5 rings (SSSR count). The summed E-state index contributed by atoms with van der Waals surface area (Å²) in [5, 5.41) is 28.6. The van der Waals surface area contributed by atoms with Gasteiger partial charge in [0.1, 0.15) is 5.75 Å². The zero-order valence-corrected chi connectivity index (χ0v) is 18.1. The van der Waals surface area contributed by atoms with Crippen LogP contribution in [0.1, 0.15) is 17.2 Å². The van der Waals surface area contributed by atoms with Crippen molar-refractivity contribution in [3.63, 3.8) is 0 Å². The topological polar surface area (TPSA) is 88.3 Å². The molecule has 0 aliphatic rings. The lowest BCUT2D eigenvalue weighted by atomic mass is 9.92. The lowest BCUT2D eigenvalue weighted by molar-refractivity contribution is -0.384. The monoisotopic (exact) mass is 461 g/mol. The van der Waals surface area contributed by atoms with Gasteiger partial charge in [-0.3, -0.25) is 10.1 Å². The lowest BCUT2D eigenvalue weighted by Gasteiger charge is -2.22. The number of aromatic nitrogens is 1. The normalized spacial score (nSPS) is 12.2. The molecule has 0 amide bonds. The van der Waals surface area contributed by atoms with Crippen LogP contribution in [0.15, 0.2) is 78.9 Å². The van der Waals surface area contributed by atoms with Crippen molar-refractivity contribution < 1.29 is 10.0 Å². The number of thiazole rings is 1. The Hall–Kier alpha value is -3.68. The Morgan fingerprint density at radius 2 is 1.81 bits per heavy atom. The van der Waals surface area contributed by atoms with E-state index in [-0.39, 0.29) is 11.4 Å². The standard InChI is InChI=1S/C24H16ClN3O3S/c25-16-8-11-19-21(13-16)32-24(26-19)27-23(15-5-9-17(10-6-15)28(30)31)22-18-4-2-1-3-14(18)7-12-20(22)29/h1-13,23,29H,(H,26,27). The second-order valence-electron chi connectivity index (χ2n) is 7.28. The average Bonchev–Trinajstić information content (AvgIpc) is 3.19. The lowest BCUT2D eigenvalue weighted by Crippen LogP contribution is -2.13. The number of nitrogens with one attached hydrogen (secondary N) is 1. The number of phenols is 1. The van der Waals surface area contributed by atoms with Gasteiger partial charge >= 0.3 is 0 Å². The summed E-state index contributed by atoms with van der Waals surface area (Å²) in [4.78, 5) is 15.4. The van der Waals surface area contributed by atoms with E-state index in [4.69, 9.17) is 11.6 Å². The van der Waals surface area contributed by atoms with Crippen LogP contribution < -0.4 is 5.32 Å². The van der Waals surface area contributed by atoms with Crippen molar-refractivity contribution in [1.82, 2.24) is 4.98 Å². The number of nitro groups is 1. The third-order valence-electron chi connectivity index (χ3n) is 5.29. The van der Waals surface area contributed by atoms with E-state index in [2.05, 4.69) is 10.3 Å². The van der Waals surface area contributed by atoms with Crippen molar-refractivity contribution >= 4 is 54.7 Å². The first-order valence-corrected chi connectivity index (χ1v) is 11.0. The van der Waals surface area contributed by atoms with Gasteiger partial charge in [-0.25, -0.2) is 4.98 Å². The van der Waals surface area contributed by atoms with Crippen LogP contribution in [0.2, 0.25) is 5.02 Å². The molecule has 1 atom stereocenters. The second-order valence-corrected chi connectivity index (χ2v) is 8.74. The maximum Gasteiger partial charge on any atom is 0.269 e. The number of halogens is 1. The quantitative estimate of drug-likeness (QED) is 0.219. The highest BCUT2D eigenvalue weighted by molar-refractivity contribution is 7.22. The number of rotatable bonds is 5. The Bertz CT molecular complexity index is 1470. The number of nitro benzene ring substituents is 1. The van der Waals surface area contributed by atoms with Crippen molar-refractivity contribution in [2.24, 2.45) is 0 Å².